The van der Waals surface area contributed by atoms with Gasteiger partial charge in [0.25, 0.3) is 0 Å². The van der Waals surface area contributed by atoms with E-state index in [0.29, 0.717) is 0 Å². The van der Waals surface area contributed by atoms with Crippen LogP contribution in [0.1, 0.15) is 11.4 Å². The van der Waals surface area contributed by atoms with Crippen molar-refractivity contribution in [2.75, 3.05) is 0 Å². The van der Waals surface area contributed by atoms with Gasteiger partial charge < -0.3 is 46.7 Å². The zero-order valence-electron chi connectivity index (χ0n) is 18.7. The number of aliphatic hydroxyl groups is 5. The summed E-state index contributed by atoms with van der Waals surface area (Å²) in [6, 6.07) is 0. The molecule has 0 saturated heterocycles. The van der Waals surface area contributed by atoms with E-state index in [-0.39, 0.29) is 162 Å². The van der Waals surface area contributed by atoms with Crippen molar-refractivity contribution in [2.24, 2.45) is 0 Å². The van der Waals surface area contributed by atoms with E-state index in [2.05, 4.69) is 4.52 Å². The predicted molar refractivity (Wildman–Crippen MR) is 78.9 cm³/mol. The third-order valence-corrected chi connectivity index (χ3v) is 2.85. The maximum atomic E-state index is 10.5. The van der Waals surface area contributed by atoms with Crippen LogP contribution in [-0.2, 0) is 9.09 Å². The minimum Gasteiger partial charge on any atom is -1.00 e. The second-order valence-corrected chi connectivity index (χ2v) is 4.71. The monoisotopic (exact) mass is 428 g/mol. The Morgan fingerprint density at radius 2 is 0.950 bits per heavy atom. The van der Waals surface area contributed by atoms with Gasteiger partial charge in [-0.1, -0.05) is 0 Å². The van der Waals surface area contributed by atoms with Crippen LogP contribution in [-0.4, -0.2) is 223 Å². The molecule has 0 spiro atoms. The molecular formula is C6H21Ca4O9P. The maximum absolute atomic E-state index is 10.5. The molecule has 0 aromatic carbocycles. The molecule has 0 heterocycles. The van der Waals surface area contributed by atoms with Crippen molar-refractivity contribution in [3.8, 4) is 0 Å². The number of rotatable bonds is 2. The third-order valence-electron chi connectivity index (χ3n) is 2.33. The Labute approximate surface area is 246 Å². The van der Waals surface area contributed by atoms with Crippen LogP contribution in [0.5, 0.6) is 0 Å². The molecule has 0 aromatic heterocycles. The summed E-state index contributed by atoms with van der Waals surface area (Å²) >= 11 is 0. The van der Waals surface area contributed by atoms with Crippen LogP contribution >= 0.6 is 7.82 Å². The summed E-state index contributed by atoms with van der Waals surface area (Å²) in [4.78, 5) is 17.0. The minimum absolute atomic E-state index is 0. The molecule has 20 heavy (non-hydrogen) atoms. The van der Waals surface area contributed by atoms with Crippen LogP contribution in [0.2, 0.25) is 0 Å². The van der Waals surface area contributed by atoms with Crippen molar-refractivity contribution in [3.63, 3.8) is 0 Å². The van der Waals surface area contributed by atoms with E-state index in [0.717, 1.165) is 0 Å². The SMILES string of the molecule is O=P(O)(O)OC1[C@@H](O)[C@H](O)C(O)[C@H](O)[C@@H]1O.[Ca+2].[Ca+2].[Ca+2].[Ca+2].[H-].[H-].[H-].[H-].[H-].[H-].[H-].[H-]. The average Bonchev–Trinajstić information content (AvgIpc) is 2.17. The summed E-state index contributed by atoms with van der Waals surface area (Å²) in [5, 5.41) is 46.1. The summed E-state index contributed by atoms with van der Waals surface area (Å²) in [5.74, 6) is 0. The molecule has 112 valence electrons. The fraction of sp³-hybridized carbons (Fsp3) is 1.00. The van der Waals surface area contributed by atoms with Crippen LogP contribution in [0.15, 0.2) is 0 Å². The van der Waals surface area contributed by atoms with Gasteiger partial charge in [-0.3, -0.25) is 4.52 Å². The first-order chi connectivity index (χ1) is 7.15. The Morgan fingerprint density at radius 3 is 1.20 bits per heavy atom. The van der Waals surface area contributed by atoms with Crippen molar-refractivity contribution in [3.05, 3.63) is 0 Å². The van der Waals surface area contributed by atoms with Crippen molar-refractivity contribution in [1.82, 2.24) is 0 Å². The predicted octanol–water partition coefficient (Wildman–Crippen LogP) is -4.34. The molecule has 1 rings (SSSR count). The van der Waals surface area contributed by atoms with Crippen LogP contribution < -0.4 is 0 Å². The minimum atomic E-state index is -5.01. The van der Waals surface area contributed by atoms with E-state index in [4.69, 9.17) is 14.9 Å². The maximum Gasteiger partial charge on any atom is 2.00 e. The van der Waals surface area contributed by atoms with E-state index in [9.17, 15) is 25.0 Å². The van der Waals surface area contributed by atoms with Crippen LogP contribution in [0.4, 0.5) is 0 Å². The van der Waals surface area contributed by atoms with Crippen molar-refractivity contribution in [1.29, 1.82) is 0 Å². The molecule has 1 aliphatic carbocycles. The van der Waals surface area contributed by atoms with Crippen molar-refractivity contribution >= 4 is 159 Å². The number of phosphoric acid groups is 1. The second kappa shape index (κ2) is 14.1. The molecule has 2 unspecified atom stereocenters. The molecule has 14 heteroatoms. The van der Waals surface area contributed by atoms with Crippen LogP contribution in [0.3, 0.4) is 0 Å². The fourth-order valence-electron chi connectivity index (χ4n) is 1.48. The first-order valence-corrected chi connectivity index (χ1v) is 5.82. The van der Waals surface area contributed by atoms with Gasteiger partial charge in [0, 0.05) is 0 Å². The number of phosphoric ester groups is 1. The Morgan fingerprint density at radius 1 is 0.700 bits per heavy atom. The van der Waals surface area contributed by atoms with E-state index < -0.39 is 44.4 Å². The standard InChI is InChI=1S/C6H13O9P.4Ca.8H/c7-1-2(8)4(10)6(5(11)3(1)9)15-16(12,13)14;;;;;;;;;;;;/h1-11H,(H2,12,13,14);;;;;;;;;;;;/q;4*+2;8*-1/t1?,2-,3+,4-,5-,6?;;;;;;;;;;;;/m0............/s1. The van der Waals surface area contributed by atoms with Gasteiger partial charge in [0.15, 0.2) is 0 Å². The van der Waals surface area contributed by atoms with E-state index >= 15 is 0 Å². The molecule has 0 aromatic rings. The quantitative estimate of drug-likeness (QED) is 0.170. The molecule has 0 bridgehead atoms. The molecule has 1 aliphatic rings. The molecule has 1 fully saturated rings. The first-order valence-electron chi connectivity index (χ1n) is 4.29. The smallest absolute Gasteiger partial charge is 1.00 e. The summed E-state index contributed by atoms with van der Waals surface area (Å²) in [6.45, 7) is 0. The summed E-state index contributed by atoms with van der Waals surface area (Å²) in [6.07, 6.45) is -11.3. The normalized spacial score (nSPS) is 36.5. The molecule has 7 N–H and O–H groups in total. The van der Waals surface area contributed by atoms with Gasteiger partial charge >= 0.3 is 159 Å². The Kier molecular flexibility index (Phi) is 22.9. The van der Waals surface area contributed by atoms with Crippen LogP contribution in [0, 0.1) is 0 Å². The summed E-state index contributed by atoms with van der Waals surface area (Å²) < 4.78 is 14.5. The molecule has 6 atom stereocenters. The van der Waals surface area contributed by atoms with Gasteiger partial charge in [0.05, 0.1) is 0 Å². The molecule has 1 saturated carbocycles. The van der Waals surface area contributed by atoms with Gasteiger partial charge in [0.1, 0.15) is 36.6 Å². The zero-order chi connectivity index (χ0) is 12.7. The van der Waals surface area contributed by atoms with Gasteiger partial charge in [-0.15, -0.1) is 0 Å². The molecule has 0 aliphatic heterocycles. The van der Waals surface area contributed by atoms with Gasteiger partial charge in [-0.05, 0) is 0 Å². The largest absolute Gasteiger partial charge is 2.00 e. The summed E-state index contributed by atoms with van der Waals surface area (Å²) in [7, 11) is -5.01. The van der Waals surface area contributed by atoms with Gasteiger partial charge in [-0.25, -0.2) is 4.57 Å². The first kappa shape index (κ1) is 32.6. The number of aliphatic hydroxyl groups excluding tert-OH is 5. The van der Waals surface area contributed by atoms with Crippen molar-refractivity contribution in [2.45, 2.75) is 36.6 Å². The molecule has 0 radical (unpaired) electrons. The van der Waals surface area contributed by atoms with E-state index in [1.165, 1.54) is 0 Å². The summed E-state index contributed by atoms with van der Waals surface area (Å²) in [5.41, 5.74) is 0. The molecular weight excluding hydrogens is 407 g/mol. The molecule has 0 amide bonds. The number of hydrogen-bond acceptors (Lipinski definition) is 7. The Balaban J connectivity index is -0.0000000213. The third kappa shape index (κ3) is 9.59. The Hall–Kier alpha value is 4.95. The van der Waals surface area contributed by atoms with Gasteiger partial charge in [-0.2, -0.15) is 0 Å². The van der Waals surface area contributed by atoms with Crippen molar-refractivity contribution < 1.29 is 55.8 Å². The number of hydrogen-bond donors (Lipinski definition) is 7. The molecule has 9 nitrogen and oxygen atoms in total. The topological polar surface area (TPSA) is 168 Å². The van der Waals surface area contributed by atoms with E-state index in [1.54, 1.807) is 0 Å². The van der Waals surface area contributed by atoms with Gasteiger partial charge in [0.2, 0.25) is 0 Å². The average molecular weight is 429 g/mol. The van der Waals surface area contributed by atoms with Crippen LogP contribution in [0.25, 0.3) is 0 Å². The Bertz CT molecular complexity index is 312. The zero-order valence-corrected chi connectivity index (χ0v) is 20.4. The van der Waals surface area contributed by atoms with E-state index in [1.807, 2.05) is 0 Å². The fourth-order valence-corrected chi connectivity index (χ4v) is 2.05. The second-order valence-electron chi connectivity index (χ2n) is 3.51.